The Bertz CT molecular complexity index is 469. The largest absolute Gasteiger partial charge is 0.573 e. The van der Waals surface area contributed by atoms with E-state index in [9.17, 15) is 18.0 Å². The number of hydrogen-bond donors (Lipinski definition) is 1. The van der Waals surface area contributed by atoms with Crippen LogP contribution >= 0.6 is 15.9 Å². The van der Waals surface area contributed by atoms with Gasteiger partial charge in [0.05, 0.1) is 5.54 Å². The summed E-state index contributed by atoms with van der Waals surface area (Å²) in [4.78, 5) is 11.9. The van der Waals surface area contributed by atoms with E-state index in [4.69, 9.17) is 0 Å². The molecule has 0 saturated heterocycles. The Hall–Kier alpha value is -1.24. The van der Waals surface area contributed by atoms with Gasteiger partial charge < -0.3 is 10.1 Å². The quantitative estimate of drug-likeness (QED) is 0.856. The smallest absolute Gasteiger partial charge is 0.406 e. The number of rotatable bonds is 4. The summed E-state index contributed by atoms with van der Waals surface area (Å²) >= 11 is 3.32. The molecule has 104 valence electrons. The third kappa shape index (κ3) is 3.86. The Morgan fingerprint density at radius 2 is 1.89 bits per heavy atom. The van der Waals surface area contributed by atoms with Crippen molar-refractivity contribution >= 4 is 21.8 Å². The van der Waals surface area contributed by atoms with E-state index in [1.54, 1.807) is 0 Å². The number of carbonyl (C=O) groups excluding carboxylic acids is 1. The third-order valence-corrected chi connectivity index (χ3v) is 3.91. The minimum Gasteiger partial charge on any atom is -0.406 e. The molecule has 0 spiro atoms. The summed E-state index contributed by atoms with van der Waals surface area (Å²) in [6.45, 7) is 0. The van der Waals surface area contributed by atoms with Gasteiger partial charge in [-0.25, -0.2) is 0 Å². The van der Waals surface area contributed by atoms with E-state index in [1.165, 1.54) is 12.1 Å². The number of ether oxygens (including phenoxy) is 1. The Balaban J connectivity index is 2.00. The number of amides is 1. The van der Waals surface area contributed by atoms with Crippen LogP contribution in [0.15, 0.2) is 24.3 Å². The topological polar surface area (TPSA) is 38.3 Å². The van der Waals surface area contributed by atoms with Crippen molar-refractivity contribution < 1.29 is 22.7 Å². The van der Waals surface area contributed by atoms with E-state index in [2.05, 4.69) is 26.0 Å². The fourth-order valence-corrected chi connectivity index (χ4v) is 2.26. The van der Waals surface area contributed by atoms with E-state index in [1.807, 2.05) is 0 Å². The SMILES string of the molecule is O=C(NC1(CBr)CC1)c1ccc(OC(F)(F)F)cc1. The van der Waals surface area contributed by atoms with Gasteiger partial charge in [0.25, 0.3) is 5.91 Å². The highest BCUT2D eigenvalue weighted by Gasteiger charge is 2.43. The van der Waals surface area contributed by atoms with E-state index in [0.29, 0.717) is 10.9 Å². The maximum absolute atomic E-state index is 12.0. The maximum atomic E-state index is 12.0. The van der Waals surface area contributed by atoms with Crippen LogP contribution in [0.5, 0.6) is 5.75 Å². The normalized spacial score (nSPS) is 16.8. The zero-order valence-electron chi connectivity index (χ0n) is 9.76. The first-order valence-corrected chi connectivity index (χ1v) is 6.70. The van der Waals surface area contributed by atoms with Gasteiger partial charge in [0.2, 0.25) is 0 Å². The molecule has 0 atom stereocenters. The van der Waals surface area contributed by atoms with Crippen molar-refractivity contribution in [1.29, 1.82) is 0 Å². The highest BCUT2D eigenvalue weighted by atomic mass is 79.9. The first kappa shape index (κ1) is 14.2. The van der Waals surface area contributed by atoms with Crippen molar-refractivity contribution in [2.45, 2.75) is 24.7 Å². The predicted molar refractivity (Wildman–Crippen MR) is 66.4 cm³/mol. The Kier molecular flexibility index (Phi) is 3.75. The summed E-state index contributed by atoms with van der Waals surface area (Å²) < 4.78 is 39.6. The lowest BCUT2D eigenvalue weighted by Gasteiger charge is -2.14. The molecule has 0 aromatic heterocycles. The summed E-state index contributed by atoms with van der Waals surface area (Å²) in [5, 5.41) is 3.52. The van der Waals surface area contributed by atoms with Crippen LogP contribution in [-0.4, -0.2) is 23.1 Å². The van der Waals surface area contributed by atoms with Crippen LogP contribution in [0, 0.1) is 0 Å². The standard InChI is InChI=1S/C12H11BrF3NO2/c13-7-11(5-6-11)17-10(18)8-1-3-9(4-2-8)19-12(14,15)16/h1-4H,5-7H2,(H,17,18). The number of halogens is 4. The number of benzene rings is 1. The molecule has 1 saturated carbocycles. The molecule has 0 heterocycles. The summed E-state index contributed by atoms with van der Waals surface area (Å²) in [7, 11) is 0. The van der Waals surface area contributed by atoms with E-state index in [-0.39, 0.29) is 17.2 Å². The molecule has 0 aliphatic heterocycles. The van der Waals surface area contributed by atoms with Crippen molar-refractivity contribution in [2.24, 2.45) is 0 Å². The van der Waals surface area contributed by atoms with Gasteiger partial charge in [-0.15, -0.1) is 13.2 Å². The fraction of sp³-hybridized carbons (Fsp3) is 0.417. The van der Waals surface area contributed by atoms with Crippen LogP contribution in [0.25, 0.3) is 0 Å². The van der Waals surface area contributed by atoms with Gasteiger partial charge in [-0.2, -0.15) is 0 Å². The lowest BCUT2D eigenvalue weighted by Crippen LogP contribution is -2.38. The molecule has 1 fully saturated rings. The van der Waals surface area contributed by atoms with Crippen molar-refractivity contribution in [2.75, 3.05) is 5.33 Å². The minimum absolute atomic E-state index is 0.196. The summed E-state index contributed by atoms with van der Waals surface area (Å²) in [6, 6.07) is 4.85. The van der Waals surface area contributed by atoms with E-state index < -0.39 is 6.36 Å². The zero-order chi connectivity index (χ0) is 14.1. The molecular weight excluding hydrogens is 327 g/mol. The molecule has 0 bridgehead atoms. The van der Waals surface area contributed by atoms with Crippen molar-refractivity contribution in [3.8, 4) is 5.75 Å². The number of hydrogen-bond acceptors (Lipinski definition) is 2. The summed E-state index contributed by atoms with van der Waals surface area (Å²) in [5.74, 6) is -0.638. The van der Waals surface area contributed by atoms with E-state index >= 15 is 0 Å². The number of alkyl halides is 4. The van der Waals surface area contributed by atoms with Crippen LogP contribution < -0.4 is 10.1 Å². The van der Waals surface area contributed by atoms with Crippen LogP contribution in [0.4, 0.5) is 13.2 Å². The van der Waals surface area contributed by atoms with Crippen molar-refractivity contribution in [3.63, 3.8) is 0 Å². The lowest BCUT2D eigenvalue weighted by molar-refractivity contribution is -0.274. The second kappa shape index (κ2) is 5.03. The van der Waals surface area contributed by atoms with Gasteiger partial charge in [0.1, 0.15) is 5.75 Å². The Morgan fingerprint density at radius 1 is 1.32 bits per heavy atom. The molecule has 2 rings (SSSR count). The van der Waals surface area contributed by atoms with Crippen LogP contribution in [-0.2, 0) is 0 Å². The van der Waals surface area contributed by atoms with Crippen molar-refractivity contribution in [3.05, 3.63) is 29.8 Å². The molecule has 1 N–H and O–H groups in total. The monoisotopic (exact) mass is 337 g/mol. The van der Waals surface area contributed by atoms with Gasteiger partial charge in [-0.3, -0.25) is 4.79 Å². The maximum Gasteiger partial charge on any atom is 0.573 e. The summed E-state index contributed by atoms with van der Waals surface area (Å²) in [5.41, 5.74) is 0.111. The highest BCUT2D eigenvalue weighted by molar-refractivity contribution is 9.09. The van der Waals surface area contributed by atoms with Gasteiger partial charge in [0, 0.05) is 10.9 Å². The van der Waals surface area contributed by atoms with Crippen molar-refractivity contribution in [1.82, 2.24) is 5.32 Å². The zero-order valence-corrected chi connectivity index (χ0v) is 11.3. The average molecular weight is 338 g/mol. The summed E-state index contributed by atoms with van der Waals surface area (Å²) in [6.07, 6.45) is -2.92. The second-order valence-corrected chi connectivity index (χ2v) is 5.00. The Morgan fingerprint density at radius 3 is 2.32 bits per heavy atom. The molecule has 19 heavy (non-hydrogen) atoms. The average Bonchev–Trinajstić information content (AvgIpc) is 3.08. The highest BCUT2D eigenvalue weighted by Crippen LogP contribution is 2.37. The van der Waals surface area contributed by atoms with Gasteiger partial charge >= 0.3 is 6.36 Å². The van der Waals surface area contributed by atoms with Gasteiger partial charge in [-0.05, 0) is 37.1 Å². The van der Waals surface area contributed by atoms with Crippen LogP contribution in [0.3, 0.4) is 0 Å². The molecule has 7 heteroatoms. The number of carbonyl (C=O) groups is 1. The molecule has 1 aromatic rings. The molecule has 1 aliphatic rings. The molecule has 1 aromatic carbocycles. The Labute approximate surface area is 116 Å². The molecule has 0 unspecified atom stereocenters. The van der Waals surface area contributed by atoms with Crippen LogP contribution in [0.1, 0.15) is 23.2 Å². The minimum atomic E-state index is -4.72. The third-order valence-electron chi connectivity index (χ3n) is 2.84. The molecule has 1 aliphatic carbocycles. The predicted octanol–water partition coefficient (Wildman–Crippen LogP) is 3.24. The molecule has 3 nitrogen and oxygen atoms in total. The fourth-order valence-electron chi connectivity index (χ4n) is 1.56. The van der Waals surface area contributed by atoms with Gasteiger partial charge in [-0.1, -0.05) is 15.9 Å². The molecule has 1 amide bonds. The molecule has 0 radical (unpaired) electrons. The lowest BCUT2D eigenvalue weighted by atomic mass is 10.2. The first-order chi connectivity index (χ1) is 8.84. The second-order valence-electron chi connectivity index (χ2n) is 4.44. The first-order valence-electron chi connectivity index (χ1n) is 5.58. The number of nitrogens with one attached hydrogen (secondary N) is 1. The molecular formula is C12H11BrF3NO2. The van der Waals surface area contributed by atoms with Crippen LogP contribution in [0.2, 0.25) is 0 Å². The van der Waals surface area contributed by atoms with E-state index in [0.717, 1.165) is 25.0 Å². The van der Waals surface area contributed by atoms with Gasteiger partial charge in [0.15, 0.2) is 0 Å².